The van der Waals surface area contributed by atoms with Crippen molar-refractivity contribution in [1.29, 1.82) is 0 Å². The second-order valence-electron chi connectivity index (χ2n) is 8.05. The number of carbonyl (C=O) groups is 2. The lowest BCUT2D eigenvalue weighted by Crippen LogP contribution is -2.50. The number of hydrogen-bond donors (Lipinski definition) is 1. The van der Waals surface area contributed by atoms with Gasteiger partial charge >= 0.3 is 0 Å². The smallest absolute Gasteiger partial charge is 0.261 e. The number of nitrogens with one attached hydrogen (secondary N) is 1. The minimum absolute atomic E-state index is 0.184. The van der Waals surface area contributed by atoms with E-state index < -0.39 is 6.04 Å². The van der Waals surface area contributed by atoms with Crippen LogP contribution in [0.15, 0.2) is 42.5 Å². The van der Waals surface area contributed by atoms with Gasteiger partial charge in [-0.15, -0.1) is 0 Å². The van der Waals surface area contributed by atoms with Crippen LogP contribution in [0.3, 0.4) is 0 Å². The highest BCUT2D eigenvalue weighted by Crippen LogP contribution is 2.27. The second-order valence-corrected chi connectivity index (χ2v) is 8.48. The summed E-state index contributed by atoms with van der Waals surface area (Å²) in [4.78, 5) is 27.7. The molecule has 0 unspecified atom stereocenters. The molecule has 0 heterocycles. The molecule has 2 amide bonds. The Morgan fingerprint density at radius 1 is 1.00 bits per heavy atom. The summed E-state index contributed by atoms with van der Waals surface area (Å²) in [5, 5.41) is 3.54. The first kappa shape index (κ1) is 26.3. The molecule has 0 aliphatic carbocycles. The fraction of sp³-hybridized carbons (Fsp3) is 0.440. The van der Waals surface area contributed by atoms with Crippen molar-refractivity contribution in [3.63, 3.8) is 0 Å². The van der Waals surface area contributed by atoms with E-state index in [1.807, 2.05) is 32.9 Å². The molecular weight excluding hydrogens is 444 g/mol. The Kier molecular flexibility index (Phi) is 10.3. The third-order valence-electron chi connectivity index (χ3n) is 5.02. The van der Waals surface area contributed by atoms with Crippen molar-refractivity contribution in [2.24, 2.45) is 5.92 Å². The first-order chi connectivity index (χ1) is 15.8. The summed E-state index contributed by atoms with van der Waals surface area (Å²) in [5.74, 6) is 1.35. The molecule has 0 saturated carbocycles. The van der Waals surface area contributed by atoms with Crippen LogP contribution in [0, 0.1) is 5.92 Å². The summed E-state index contributed by atoms with van der Waals surface area (Å²) in [6.45, 7) is 6.49. The van der Waals surface area contributed by atoms with Crippen molar-refractivity contribution < 1.29 is 23.8 Å². The van der Waals surface area contributed by atoms with Crippen molar-refractivity contribution in [2.75, 3.05) is 27.4 Å². The van der Waals surface area contributed by atoms with Gasteiger partial charge in [-0.2, -0.15) is 0 Å². The largest absolute Gasteiger partial charge is 0.496 e. The topological polar surface area (TPSA) is 77.1 Å². The fourth-order valence-electron chi connectivity index (χ4n) is 3.22. The van der Waals surface area contributed by atoms with E-state index in [0.717, 1.165) is 5.56 Å². The molecular formula is C25H33ClN2O5. The Labute approximate surface area is 201 Å². The van der Waals surface area contributed by atoms with Gasteiger partial charge in [-0.3, -0.25) is 9.59 Å². The third kappa shape index (κ3) is 8.17. The summed E-state index contributed by atoms with van der Waals surface area (Å²) >= 11 is 6.00. The average Bonchev–Trinajstić information content (AvgIpc) is 2.81. The number of methoxy groups -OCH3 is 2. The molecule has 0 aliphatic heterocycles. The molecule has 0 saturated heterocycles. The Bertz CT molecular complexity index is 895. The van der Waals surface area contributed by atoms with Gasteiger partial charge in [0.05, 0.1) is 14.2 Å². The van der Waals surface area contributed by atoms with Gasteiger partial charge in [0.2, 0.25) is 5.91 Å². The van der Waals surface area contributed by atoms with Crippen LogP contribution in [0.5, 0.6) is 17.2 Å². The molecule has 2 rings (SSSR count). The number of nitrogens with zero attached hydrogens (tertiary/aromatic N) is 1. The van der Waals surface area contributed by atoms with Crippen LogP contribution in [0.25, 0.3) is 0 Å². The Morgan fingerprint density at radius 2 is 1.58 bits per heavy atom. The van der Waals surface area contributed by atoms with E-state index in [0.29, 0.717) is 41.2 Å². The third-order valence-corrected chi connectivity index (χ3v) is 5.28. The van der Waals surface area contributed by atoms with Crippen molar-refractivity contribution in [3.05, 3.63) is 53.1 Å². The Hall–Kier alpha value is -2.93. The maximum Gasteiger partial charge on any atom is 0.261 e. The molecule has 33 heavy (non-hydrogen) atoms. The van der Waals surface area contributed by atoms with Crippen molar-refractivity contribution in [1.82, 2.24) is 10.2 Å². The van der Waals surface area contributed by atoms with Gasteiger partial charge in [0.25, 0.3) is 5.91 Å². The van der Waals surface area contributed by atoms with E-state index >= 15 is 0 Å². The molecule has 2 aromatic carbocycles. The minimum atomic E-state index is -0.629. The van der Waals surface area contributed by atoms with E-state index in [-0.39, 0.29) is 25.0 Å². The highest BCUT2D eigenvalue weighted by Gasteiger charge is 2.29. The number of amides is 2. The van der Waals surface area contributed by atoms with E-state index in [4.69, 9.17) is 25.8 Å². The number of hydrogen-bond acceptors (Lipinski definition) is 5. The molecule has 0 spiro atoms. The van der Waals surface area contributed by atoms with Crippen LogP contribution in [-0.2, 0) is 16.1 Å². The van der Waals surface area contributed by atoms with Gasteiger partial charge in [0, 0.05) is 36.3 Å². The maximum atomic E-state index is 13.3. The van der Waals surface area contributed by atoms with Gasteiger partial charge < -0.3 is 24.4 Å². The lowest BCUT2D eigenvalue weighted by Gasteiger charge is -2.31. The molecule has 0 fully saturated rings. The molecule has 8 heteroatoms. The number of carbonyl (C=O) groups excluding carboxylic acids is 2. The van der Waals surface area contributed by atoms with Crippen LogP contribution in [0.2, 0.25) is 5.02 Å². The van der Waals surface area contributed by atoms with Gasteiger partial charge in [-0.1, -0.05) is 44.5 Å². The SMILES string of the molecule is CC[C@@H](C(=O)NCC(C)C)N(Cc1ccc(Cl)cc1)C(=O)COc1cc(OC)cc(OC)c1. The monoisotopic (exact) mass is 476 g/mol. The first-order valence-electron chi connectivity index (χ1n) is 10.9. The highest BCUT2D eigenvalue weighted by molar-refractivity contribution is 6.30. The molecule has 180 valence electrons. The van der Waals surface area contributed by atoms with Crippen molar-refractivity contribution in [2.45, 2.75) is 39.8 Å². The summed E-state index contributed by atoms with van der Waals surface area (Å²) in [5.41, 5.74) is 0.867. The van der Waals surface area contributed by atoms with E-state index in [2.05, 4.69) is 5.32 Å². The van der Waals surface area contributed by atoms with E-state index in [9.17, 15) is 9.59 Å². The van der Waals surface area contributed by atoms with Crippen LogP contribution in [0.1, 0.15) is 32.8 Å². The zero-order valence-corrected chi connectivity index (χ0v) is 20.6. The molecule has 0 radical (unpaired) electrons. The zero-order valence-electron chi connectivity index (χ0n) is 19.9. The number of rotatable bonds is 12. The lowest BCUT2D eigenvalue weighted by atomic mass is 10.1. The van der Waals surface area contributed by atoms with E-state index in [1.54, 1.807) is 49.5 Å². The predicted molar refractivity (Wildman–Crippen MR) is 129 cm³/mol. The Morgan fingerprint density at radius 3 is 2.09 bits per heavy atom. The summed E-state index contributed by atoms with van der Waals surface area (Å²) in [6.07, 6.45) is 0.468. The Balaban J connectivity index is 2.22. The van der Waals surface area contributed by atoms with Crippen LogP contribution in [0.4, 0.5) is 0 Å². The van der Waals surface area contributed by atoms with Crippen LogP contribution < -0.4 is 19.5 Å². The highest BCUT2D eigenvalue weighted by atomic mass is 35.5. The fourth-order valence-corrected chi connectivity index (χ4v) is 3.35. The van der Waals surface area contributed by atoms with E-state index in [1.165, 1.54) is 0 Å². The summed E-state index contributed by atoms with van der Waals surface area (Å²) in [6, 6.07) is 11.6. The second kappa shape index (κ2) is 12.9. The molecule has 0 aliphatic rings. The van der Waals surface area contributed by atoms with Crippen molar-refractivity contribution in [3.8, 4) is 17.2 Å². The standard InChI is InChI=1S/C25H33ClN2O5/c1-6-23(25(30)27-14-17(2)3)28(15-18-7-9-19(26)10-8-18)24(29)16-33-22-12-20(31-4)11-21(13-22)32-5/h7-13,17,23H,6,14-16H2,1-5H3,(H,27,30)/t23-/m0/s1. The minimum Gasteiger partial charge on any atom is -0.496 e. The normalized spacial score (nSPS) is 11.6. The molecule has 1 atom stereocenters. The molecule has 0 bridgehead atoms. The zero-order chi connectivity index (χ0) is 24.4. The number of benzene rings is 2. The first-order valence-corrected chi connectivity index (χ1v) is 11.3. The maximum absolute atomic E-state index is 13.3. The van der Waals surface area contributed by atoms with Gasteiger partial charge in [0.15, 0.2) is 6.61 Å². The number of ether oxygens (including phenoxy) is 3. The lowest BCUT2D eigenvalue weighted by molar-refractivity contribution is -0.143. The molecule has 1 N–H and O–H groups in total. The summed E-state index contributed by atoms with van der Waals surface area (Å²) in [7, 11) is 3.08. The number of halogens is 1. The van der Waals surface area contributed by atoms with Crippen LogP contribution >= 0.6 is 11.6 Å². The molecule has 0 aromatic heterocycles. The van der Waals surface area contributed by atoms with Gasteiger partial charge in [0.1, 0.15) is 23.3 Å². The van der Waals surface area contributed by atoms with Crippen LogP contribution in [-0.4, -0.2) is 50.1 Å². The predicted octanol–water partition coefficient (Wildman–Crippen LogP) is 4.32. The molecule has 2 aromatic rings. The van der Waals surface area contributed by atoms with Crippen molar-refractivity contribution >= 4 is 23.4 Å². The molecule has 7 nitrogen and oxygen atoms in total. The summed E-state index contributed by atoms with van der Waals surface area (Å²) < 4.78 is 16.3. The van der Waals surface area contributed by atoms with Gasteiger partial charge in [-0.25, -0.2) is 0 Å². The average molecular weight is 477 g/mol. The van der Waals surface area contributed by atoms with Gasteiger partial charge in [-0.05, 0) is 30.0 Å². The quantitative estimate of drug-likeness (QED) is 0.493.